The summed E-state index contributed by atoms with van der Waals surface area (Å²) >= 11 is 0. The molecular formula is C17H24F2N2O2. The largest absolute Gasteiger partial charge is 0.493 e. The number of halogens is 2. The summed E-state index contributed by atoms with van der Waals surface area (Å²) in [7, 11) is 3.55. The van der Waals surface area contributed by atoms with Crippen LogP contribution in [0.5, 0.6) is 11.5 Å². The Morgan fingerprint density at radius 1 is 1.22 bits per heavy atom. The number of alkyl halides is 2. The first-order valence-corrected chi connectivity index (χ1v) is 8.13. The van der Waals surface area contributed by atoms with Gasteiger partial charge in [-0.2, -0.15) is 8.78 Å². The average Bonchev–Trinajstić information content (AvgIpc) is 2.85. The summed E-state index contributed by atoms with van der Waals surface area (Å²) in [6.45, 7) is -2.13. The molecule has 4 nitrogen and oxygen atoms in total. The van der Waals surface area contributed by atoms with Gasteiger partial charge in [0.25, 0.3) is 0 Å². The molecule has 0 aliphatic carbocycles. The second-order valence-corrected chi connectivity index (χ2v) is 6.54. The van der Waals surface area contributed by atoms with Crippen LogP contribution in [-0.2, 0) is 6.54 Å². The Balaban J connectivity index is 1.67. The quantitative estimate of drug-likeness (QED) is 0.871. The van der Waals surface area contributed by atoms with Gasteiger partial charge in [0.05, 0.1) is 7.11 Å². The second-order valence-electron chi connectivity index (χ2n) is 6.54. The molecular weight excluding hydrogens is 302 g/mol. The van der Waals surface area contributed by atoms with Crippen molar-refractivity contribution in [1.82, 2.24) is 10.2 Å². The van der Waals surface area contributed by atoms with Gasteiger partial charge < -0.3 is 14.8 Å². The maximum Gasteiger partial charge on any atom is 0.387 e. The highest BCUT2D eigenvalue weighted by Crippen LogP contribution is 2.32. The number of ether oxygens (including phenoxy) is 2. The van der Waals surface area contributed by atoms with Crippen molar-refractivity contribution in [3.05, 3.63) is 23.8 Å². The Morgan fingerprint density at radius 2 is 1.91 bits per heavy atom. The molecule has 1 aromatic rings. The van der Waals surface area contributed by atoms with E-state index in [0.717, 1.165) is 18.4 Å². The van der Waals surface area contributed by atoms with Gasteiger partial charge >= 0.3 is 6.61 Å². The van der Waals surface area contributed by atoms with Crippen LogP contribution >= 0.6 is 0 Å². The third kappa shape index (κ3) is 3.93. The minimum atomic E-state index is -2.85. The van der Waals surface area contributed by atoms with Crippen LogP contribution in [0.25, 0.3) is 0 Å². The first-order chi connectivity index (χ1) is 11.0. The molecule has 0 spiro atoms. The number of rotatable bonds is 6. The molecule has 2 atom stereocenters. The fourth-order valence-electron chi connectivity index (χ4n) is 3.81. The second kappa shape index (κ2) is 7.01. The van der Waals surface area contributed by atoms with Gasteiger partial charge in [-0.25, -0.2) is 0 Å². The van der Waals surface area contributed by atoms with E-state index in [2.05, 4.69) is 22.0 Å². The standard InChI is InChI=1S/C17H24F2N2O2/c1-21(14-8-12-4-5-13(9-14)20-12)10-11-3-6-15(22-2)16(7-11)23-17(18)19/h3,6-7,12-14,17,20H,4-5,8-10H2,1-2H3. The van der Waals surface area contributed by atoms with E-state index in [1.807, 2.05) is 6.07 Å². The summed E-state index contributed by atoms with van der Waals surface area (Å²) in [4.78, 5) is 2.32. The lowest BCUT2D eigenvalue weighted by Gasteiger charge is -2.35. The van der Waals surface area contributed by atoms with Gasteiger partial charge in [-0.15, -0.1) is 0 Å². The third-order valence-corrected chi connectivity index (χ3v) is 4.95. The Morgan fingerprint density at radius 3 is 2.52 bits per heavy atom. The van der Waals surface area contributed by atoms with E-state index in [4.69, 9.17) is 4.74 Å². The first kappa shape index (κ1) is 16.5. The number of nitrogens with zero attached hydrogens (tertiary/aromatic N) is 1. The van der Waals surface area contributed by atoms with Crippen molar-refractivity contribution >= 4 is 0 Å². The van der Waals surface area contributed by atoms with E-state index in [9.17, 15) is 8.78 Å². The molecule has 1 N–H and O–H groups in total. The Bertz CT molecular complexity index is 529. The molecule has 1 aromatic carbocycles. The molecule has 0 aromatic heterocycles. The van der Waals surface area contributed by atoms with Crippen LogP contribution in [0.1, 0.15) is 31.2 Å². The number of fused-ring (bicyclic) bond motifs is 2. The fraction of sp³-hybridized carbons (Fsp3) is 0.647. The summed E-state index contributed by atoms with van der Waals surface area (Å²) in [6, 6.07) is 7.05. The topological polar surface area (TPSA) is 33.7 Å². The number of nitrogens with one attached hydrogen (secondary N) is 1. The molecule has 2 saturated heterocycles. The summed E-state index contributed by atoms with van der Waals surface area (Å²) in [5.74, 6) is 0.426. The van der Waals surface area contributed by atoms with Crippen molar-refractivity contribution in [2.24, 2.45) is 0 Å². The van der Waals surface area contributed by atoms with Crippen LogP contribution in [0, 0.1) is 0 Å². The van der Waals surface area contributed by atoms with E-state index in [1.165, 1.54) is 20.0 Å². The lowest BCUT2D eigenvalue weighted by Crippen LogP contribution is -2.46. The van der Waals surface area contributed by atoms with E-state index < -0.39 is 6.61 Å². The summed E-state index contributed by atoms with van der Waals surface area (Å²) < 4.78 is 34.7. The Hall–Kier alpha value is -1.40. The summed E-state index contributed by atoms with van der Waals surface area (Å²) in [6.07, 6.45) is 4.85. The van der Waals surface area contributed by atoms with Crippen molar-refractivity contribution in [3.8, 4) is 11.5 Å². The zero-order chi connectivity index (χ0) is 16.4. The van der Waals surface area contributed by atoms with Gasteiger partial charge in [0.15, 0.2) is 11.5 Å². The highest BCUT2D eigenvalue weighted by Gasteiger charge is 2.34. The molecule has 2 heterocycles. The van der Waals surface area contributed by atoms with Gasteiger partial charge in [-0.05, 0) is 50.4 Å². The van der Waals surface area contributed by atoms with Crippen molar-refractivity contribution in [2.75, 3.05) is 14.2 Å². The van der Waals surface area contributed by atoms with Crippen LogP contribution < -0.4 is 14.8 Å². The molecule has 0 radical (unpaired) electrons. The summed E-state index contributed by atoms with van der Waals surface area (Å²) in [5, 5.41) is 3.64. The fourth-order valence-corrected chi connectivity index (χ4v) is 3.81. The highest BCUT2D eigenvalue weighted by atomic mass is 19.3. The predicted molar refractivity (Wildman–Crippen MR) is 84.1 cm³/mol. The Labute approximate surface area is 135 Å². The SMILES string of the molecule is COc1ccc(CN(C)C2CC3CCC(C2)N3)cc1OC(F)F. The van der Waals surface area contributed by atoms with Gasteiger partial charge in [0.1, 0.15) is 0 Å². The molecule has 2 bridgehead atoms. The third-order valence-electron chi connectivity index (χ3n) is 4.95. The molecule has 2 unspecified atom stereocenters. The van der Waals surface area contributed by atoms with E-state index in [0.29, 0.717) is 30.4 Å². The number of hydrogen-bond acceptors (Lipinski definition) is 4. The van der Waals surface area contributed by atoms with Gasteiger partial charge in [0.2, 0.25) is 0 Å². The Kier molecular flexibility index (Phi) is 5.02. The van der Waals surface area contributed by atoms with Crippen LogP contribution in [0.15, 0.2) is 18.2 Å². The van der Waals surface area contributed by atoms with Crippen LogP contribution in [0.2, 0.25) is 0 Å². The maximum atomic E-state index is 12.5. The minimum Gasteiger partial charge on any atom is -0.493 e. The molecule has 6 heteroatoms. The van der Waals surface area contributed by atoms with E-state index in [1.54, 1.807) is 12.1 Å². The number of methoxy groups -OCH3 is 1. The van der Waals surface area contributed by atoms with Crippen molar-refractivity contribution in [3.63, 3.8) is 0 Å². The smallest absolute Gasteiger partial charge is 0.387 e. The normalized spacial score (nSPS) is 26.8. The van der Waals surface area contributed by atoms with Crippen LogP contribution in [-0.4, -0.2) is 43.8 Å². The minimum absolute atomic E-state index is 0.0961. The predicted octanol–water partition coefficient (Wildman–Crippen LogP) is 3.01. The number of benzene rings is 1. The first-order valence-electron chi connectivity index (χ1n) is 8.13. The molecule has 128 valence electrons. The van der Waals surface area contributed by atoms with Crippen molar-refractivity contribution < 1.29 is 18.3 Å². The van der Waals surface area contributed by atoms with Crippen molar-refractivity contribution in [2.45, 2.75) is 57.0 Å². The zero-order valence-electron chi connectivity index (χ0n) is 13.6. The average molecular weight is 326 g/mol. The lowest BCUT2D eigenvalue weighted by molar-refractivity contribution is -0.0512. The summed E-state index contributed by atoms with van der Waals surface area (Å²) in [5.41, 5.74) is 0.954. The molecule has 2 aliphatic heterocycles. The van der Waals surface area contributed by atoms with Crippen molar-refractivity contribution in [1.29, 1.82) is 0 Å². The van der Waals surface area contributed by atoms with Gasteiger partial charge in [-0.3, -0.25) is 4.90 Å². The molecule has 23 heavy (non-hydrogen) atoms. The molecule has 0 saturated carbocycles. The lowest BCUT2D eigenvalue weighted by atomic mass is 9.98. The number of hydrogen-bond donors (Lipinski definition) is 1. The molecule has 0 amide bonds. The molecule has 2 fully saturated rings. The van der Waals surface area contributed by atoms with Crippen LogP contribution in [0.3, 0.4) is 0 Å². The highest BCUT2D eigenvalue weighted by molar-refractivity contribution is 5.43. The van der Waals surface area contributed by atoms with E-state index >= 15 is 0 Å². The zero-order valence-corrected chi connectivity index (χ0v) is 13.6. The van der Waals surface area contributed by atoms with E-state index in [-0.39, 0.29) is 5.75 Å². The maximum absolute atomic E-state index is 12.5. The van der Waals surface area contributed by atoms with Gasteiger partial charge in [-0.1, -0.05) is 6.07 Å². The van der Waals surface area contributed by atoms with Gasteiger partial charge in [0, 0.05) is 24.7 Å². The molecule has 3 rings (SSSR count). The number of piperidine rings is 1. The monoisotopic (exact) mass is 326 g/mol. The molecule has 2 aliphatic rings. The van der Waals surface area contributed by atoms with Crippen LogP contribution in [0.4, 0.5) is 8.78 Å².